The summed E-state index contributed by atoms with van der Waals surface area (Å²) in [6, 6.07) is 11.0. The van der Waals surface area contributed by atoms with Crippen molar-refractivity contribution in [3.8, 4) is 0 Å². The number of hydrogen-bond donors (Lipinski definition) is 2. The Labute approximate surface area is 129 Å². The summed E-state index contributed by atoms with van der Waals surface area (Å²) >= 11 is 5.76. The molecule has 2 rings (SSSR count). The summed E-state index contributed by atoms with van der Waals surface area (Å²) < 4.78 is 0. The standard InChI is InChI=1S/C16H18ClN3O/c1-3-12-4-7-14(8-5-12)19-11(2)16(21)20-15-9-6-13(17)10-18-15/h4-11,19H,3H2,1-2H3,(H,18,20,21)/t11-/m0/s1. The van der Waals surface area contributed by atoms with Crippen LogP contribution in [0, 0.1) is 0 Å². The molecule has 4 nitrogen and oxygen atoms in total. The second-order valence-corrected chi connectivity index (χ2v) is 5.20. The van der Waals surface area contributed by atoms with E-state index in [1.807, 2.05) is 24.3 Å². The van der Waals surface area contributed by atoms with Gasteiger partial charge in [0.2, 0.25) is 5.91 Å². The lowest BCUT2D eigenvalue weighted by molar-refractivity contribution is -0.116. The van der Waals surface area contributed by atoms with E-state index in [4.69, 9.17) is 11.6 Å². The average Bonchev–Trinajstić information content (AvgIpc) is 2.50. The van der Waals surface area contributed by atoms with Gasteiger partial charge in [-0.1, -0.05) is 30.7 Å². The predicted octanol–water partition coefficient (Wildman–Crippen LogP) is 3.74. The van der Waals surface area contributed by atoms with Crippen molar-refractivity contribution in [1.82, 2.24) is 4.98 Å². The first-order valence-corrected chi connectivity index (χ1v) is 7.24. The van der Waals surface area contributed by atoms with Crippen molar-refractivity contribution >= 4 is 29.0 Å². The molecule has 1 atom stereocenters. The molecule has 1 aromatic carbocycles. The lowest BCUT2D eigenvalue weighted by Gasteiger charge is -2.15. The summed E-state index contributed by atoms with van der Waals surface area (Å²) in [5.41, 5.74) is 2.18. The van der Waals surface area contributed by atoms with Crippen molar-refractivity contribution in [3.63, 3.8) is 0 Å². The van der Waals surface area contributed by atoms with Crippen LogP contribution < -0.4 is 10.6 Å². The first kappa shape index (κ1) is 15.3. The van der Waals surface area contributed by atoms with Crippen LogP contribution in [0.5, 0.6) is 0 Å². The van der Waals surface area contributed by atoms with E-state index in [1.54, 1.807) is 19.1 Å². The van der Waals surface area contributed by atoms with E-state index >= 15 is 0 Å². The maximum absolute atomic E-state index is 12.1. The van der Waals surface area contributed by atoms with Crippen molar-refractivity contribution in [3.05, 3.63) is 53.2 Å². The van der Waals surface area contributed by atoms with Gasteiger partial charge in [0.25, 0.3) is 0 Å². The van der Waals surface area contributed by atoms with Gasteiger partial charge < -0.3 is 10.6 Å². The van der Waals surface area contributed by atoms with E-state index in [1.165, 1.54) is 11.8 Å². The van der Waals surface area contributed by atoms with Crippen LogP contribution in [0.15, 0.2) is 42.6 Å². The van der Waals surface area contributed by atoms with Gasteiger partial charge in [0.1, 0.15) is 11.9 Å². The van der Waals surface area contributed by atoms with Crippen LogP contribution in [-0.4, -0.2) is 16.9 Å². The molecule has 110 valence electrons. The van der Waals surface area contributed by atoms with Crippen LogP contribution in [0.1, 0.15) is 19.4 Å². The third-order valence-corrected chi connectivity index (χ3v) is 3.34. The fraction of sp³-hybridized carbons (Fsp3) is 0.250. The highest BCUT2D eigenvalue weighted by Crippen LogP contribution is 2.13. The molecule has 0 aliphatic rings. The fourth-order valence-corrected chi connectivity index (χ4v) is 1.95. The van der Waals surface area contributed by atoms with Crippen LogP contribution in [0.2, 0.25) is 5.02 Å². The lowest BCUT2D eigenvalue weighted by atomic mass is 10.1. The molecule has 0 fully saturated rings. The fourth-order valence-electron chi connectivity index (χ4n) is 1.84. The highest BCUT2D eigenvalue weighted by Gasteiger charge is 2.13. The molecule has 0 saturated heterocycles. The summed E-state index contributed by atoms with van der Waals surface area (Å²) in [5, 5.41) is 6.44. The Kier molecular flexibility index (Phi) is 5.17. The number of anilines is 2. The number of carbonyl (C=O) groups excluding carboxylic acids is 1. The quantitative estimate of drug-likeness (QED) is 0.885. The third kappa shape index (κ3) is 4.46. The van der Waals surface area contributed by atoms with Gasteiger partial charge >= 0.3 is 0 Å². The van der Waals surface area contributed by atoms with Gasteiger partial charge in [-0.15, -0.1) is 0 Å². The van der Waals surface area contributed by atoms with E-state index in [2.05, 4.69) is 22.5 Å². The Morgan fingerprint density at radius 3 is 2.52 bits per heavy atom. The molecule has 1 heterocycles. The number of rotatable bonds is 5. The number of nitrogens with one attached hydrogen (secondary N) is 2. The van der Waals surface area contributed by atoms with Gasteiger partial charge in [0.05, 0.1) is 5.02 Å². The van der Waals surface area contributed by atoms with Gasteiger partial charge in [0, 0.05) is 11.9 Å². The van der Waals surface area contributed by atoms with E-state index < -0.39 is 0 Å². The molecule has 0 aliphatic heterocycles. The Morgan fingerprint density at radius 1 is 1.24 bits per heavy atom. The smallest absolute Gasteiger partial charge is 0.247 e. The maximum Gasteiger partial charge on any atom is 0.247 e. The number of halogens is 1. The minimum absolute atomic E-state index is 0.149. The van der Waals surface area contributed by atoms with Crippen LogP contribution >= 0.6 is 11.6 Å². The Balaban J connectivity index is 1.93. The molecule has 0 unspecified atom stereocenters. The molecular weight excluding hydrogens is 286 g/mol. The van der Waals surface area contributed by atoms with Crippen molar-refractivity contribution < 1.29 is 4.79 Å². The van der Waals surface area contributed by atoms with Crippen LogP contribution in [-0.2, 0) is 11.2 Å². The summed E-state index contributed by atoms with van der Waals surface area (Å²) in [7, 11) is 0. The molecule has 0 aliphatic carbocycles. The zero-order chi connectivity index (χ0) is 15.2. The Hall–Kier alpha value is -2.07. The topological polar surface area (TPSA) is 54.0 Å². The zero-order valence-electron chi connectivity index (χ0n) is 12.1. The first-order valence-electron chi connectivity index (χ1n) is 6.86. The number of carbonyl (C=O) groups is 1. The molecule has 1 amide bonds. The van der Waals surface area contributed by atoms with E-state index in [-0.39, 0.29) is 11.9 Å². The minimum Gasteiger partial charge on any atom is -0.374 e. The number of benzene rings is 1. The lowest BCUT2D eigenvalue weighted by Crippen LogP contribution is -2.32. The predicted molar refractivity (Wildman–Crippen MR) is 86.8 cm³/mol. The number of hydrogen-bond acceptors (Lipinski definition) is 3. The number of amides is 1. The summed E-state index contributed by atoms with van der Waals surface area (Å²) in [6.45, 7) is 3.91. The number of aromatic nitrogens is 1. The molecule has 0 bridgehead atoms. The molecule has 0 spiro atoms. The van der Waals surface area contributed by atoms with E-state index in [0.717, 1.165) is 12.1 Å². The van der Waals surface area contributed by atoms with Crippen molar-refractivity contribution in [2.45, 2.75) is 26.3 Å². The van der Waals surface area contributed by atoms with Crippen LogP contribution in [0.25, 0.3) is 0 Å². The molecular formula is C16H18ClN3O. The minimum atomic E-state index is -0.366. The summed E-state index contributed by atoms with van der Waals surface area (Å²) in [6.07, 6.45) is 2.50. The number of pyridine rings is 1. The molecule has 0 radical (unpaired) electrons. The van der Waals surface area contributed by atoms with E-state index in [9.17, 15) is 4.79 Å². The first-order chi connectivity index (χ1) is 10.1. The highest BCUT2D eigenvalue weighted by molar-refractivity contribution is 6.30. The van der Waals surface area contributed by atoms with Crippen molar-refractivity contribution in [1.29, 1.82) is 0 Å². The van der Waals surface area contributed by atoms with E-state index in [0.29, 0.717) is 10.8 Å². The van der Waals surface area contributed by atoms with Gasteiger partial charge in [-0.05, 0) is 43.2 Å². The van der Waals surface area contributed by atoms with Crippen molar-refractivity contribution in [2.24, 2.45) is 0 Å². The second kappa shape index (κ2) is 7.09. The monoisotopic (exact) mass is 303 g/mol. The normalized spacial score (nSPS) is 11.8. The molecule has 0 saturated carbocycles. The van der Waals surface area contributed by atoms with Gasteiger partial charge in [-0.3, -0.25) is 4.79 Å². The van der Waals surface area contributed by atoms with Gasteiger partial charge in [0.15, 0.2) is 0 Å². The van der Waals surface area contributed by atoms with Crippen molar-refractivity contribution in [2.75, 3.05) is 10.6 Å². The molecule has 21 heavy (non-hydrogen) atoms. The van der Waals surface area contributed by atoms with Crippen LogP contribution in [0.3, 0.4) is 0 Å². The third-order valence-electron chi connectivity index (χ3n) is 3.12. The van der Waals surface area contributed by atoms with Gasteiger partial charge in [-0.2, -0.15) is 0 Å². The molecule has 2 N–H and O–H groups in total. The highest BCUT2D eigenvalue weighted by atomic mass is 35.5. The Morgan fingerprint density at radius 2 is 1.95 bits per heavy atom. The maximum atomic E-state index is 12.1. The molecule has 2 aromatic rings. The second-order valence-electron chi connectivity index (χ2n) is 4.77. The Bertz CT molecular complexity index is 596. The van der Waals surface area contributed by atoms with Crippen LogP contribution in [0.4, 0.5) is 11.5 Å². The largest absolute Gasteiger partial charge is 0.374 e. The average molecular weight is 304 g/mol. The number of aryl methyl sites for hydroxylation is 1. The summed E-state index contributed by atoms with van der Waals surface area (Å²) in [5.74, 6) is 0.337. The number of nitrogens with zero attached hydrogens (tertiary/aromatic N) is 1. The molecule has 5 heteroatoms. The molecule has 1 aromatic heterocycles. The SMILES string of the molecule is CCc1ccc(N[C@@H](C)C(=O)Nc2ccc(Cl)cn2)cc1. The summed E-state index contributed by atoms with van der Waals surface area (Å²) in [4.78, 5) is 16.1. The zero-order valence-corrected chi connectivity index (χ0v) is 12.8. The van der Waals surface area contributed by atoms with Gasteiger partial charge in [-0.25, -0.2) is 4.98 Å².